The van der Waals surface area contributed by atoms with Crippen molar-refractivity contribution in [1.82, 2.24) is 5.32 Å². The number of phenols is 1. The third-order valence-electron chi connectivity index (χ3n) is 2.61. The van der Waals surface area contributed by atoms with Gasteiger partial charge in [0.1, 0.15) is 5.75 Å². The normalized spacial score (nSPS) is 14.9. The van der Waals surface area contributed by atoms with E-state index in [1.165, 1.54) is 0 Å². The van der Waals surface area contributed by atoms with E-state index in [1.54, 1.807) is 6.07 Å². The number of rotatable bonds is 4. The van der Waals surface area contributed by atoms with E-state index in [0.717, 1.165) is 16.5 Å². The zero-order chi connectivity index (χ0) is 11.4. The molecular weight excluding hydrogens is 254 g/mol. The van der Waals surface area contributed by atoms with Gasteiger partial charge in [0.05, 0.1) is 0 Å². The maximum atomic E-state index is 9.78. The van der Waals surface area contributed by atoms with Gasteiger partial charge in [0.15, 0.2) is 0 Å². The molecule has 0 spiro atoms. The molecule has 0 aliphatic carbocycles. The number of nitrogens with one attached hydrogen (secondary N) is 1. The largest absolute Gasteiger partial charge is 0.508 e. The van der Waals surface area contributed by atoms with Crippen molar-refractivity contribution in [2.24, 2.45) is 0 Å². The van der Waals surface area contributed by atoms with Gasteiger partial charge in [0.25, 0.3) is 0 Å². The van der Waals surface area contributed by atoms with E-state index in [2.05, 4.69) is 42.0 Å². The van der Waals surface area contributed by atoms with Crippen molar-refractivity contribution < 1.29 is 5.11 Å². The Labute approximate surface area is 99.8 Å². The predicted octanol–water partition coefficient (Wildman–Crippen LogP) is 3.60. The first-order valence-electron chi connectivity index (χ1n) is 5.29. The third kappa shape index (κ3) is 3.50. The maximum absolute atomic E-state index is 9.78. The van der Waals surface area contributed by atoms with Crippen LogP contribution >= 0.6 is 15.9 Å². The summed E-state index contributed by atoms with van der Waals surface area (Å²) in [5.41, 5.74) is 0.943. The summed E-state index contributed by atoms with van der Waals surface area (Å²) in [6.07, 6.45) is 1.08. The van der Waals surface area contributed by atoms with Gasteiger partial charge in [-0.15, -0.1) is 0 Å². The second-order valence-electron chi connectivity index (χ2n) is 3.90. The Bertz CT molecular complexity index is 327. The molecule has 0 saturated heterocycles. The van der Waals surface area contributed by atoms with Crippen LogP contribution in [-0.4, -0.2) is 11.1 Å². The van der Waals surface area contributed by atoms with Crippen LogP contribution < -0.4 is 5.32 Å². The molecule has 2 nitrogen and oxygen atoms in total. The average molecular weight is 272 g/mol. The fraction of sp³-hybridized carbons (Fsp3) is 0.500. The second-order valence-corrected chi connectivity index (χ2v) is 4.82. The Kier molecular flexibility index (Phi) is 4.61. The van der Waals surface area contributed by atoms with E-state index in [-0.39, 0.29) is 6.04 Å². The quantitative estimate of drug-likeness (QED) is 0.877. The van der Waals surface area contributed by atoms with Gasteiger partial charge in [-0.05, 0) is 32.4 Å². The minimum Gasteiger partial charge on any atom is -0.508 e. The molecule has 2 N–H and O–H groups in total. The summed E-state index contributed by atoms with van der Waals surface area (Å²) < 4.78 is 0.902. The molecular formula is C12H18BrNO. The molecule has 0 amide bonds. The van der Waals surface area contributed by atoms with Gasteiger partial charge in [0, 0.05) is 22.1 Å². The summed E-state index contributed by atoms with van der Waals surface area (Å²) >= 11 is 3.33. The monoisotopic (exact) mass is 271 g/mol. The van der Waals surface area contributed by atoms with Crippen LogP contribution in [0.5, 0.6) is 5.75 Å². The number of halogens is 1. The van der Waals surface area contributed by atoms with Crippen LogP contribution in [0.15, 0.2) is 22.7 Å². The van der Waals surface area contributed by atoms with Crippen LogP contribution in [0, 0.1) is 0 Å². The highest BCUT2D eigenvalue weighted by Gasteiger charge is 2.11. The molecule has 0 aromatic heterocycles. The summed E-state index contributed by atoms with van der Waals surface area (Å²) in [5, 5.41) is 13.2. The average Bonchev–Trinajstić information content (AvgIpc) is 2.17. The highest BCUT2D eigenvalue weighted by Crippen LogP contribution is 2.27. The van der Waals surface area contributed by atoms with Gasteiger partial charge in [-0.2, -0.15) is 0 Å². The lowest BCUT2D eigenvalue weighted by Crippen LogP contribution is -2.28. The second kappa shape index (κ2) is 5.52. The highest BCUT2D eigenvalue weighted by atomic mass is 79.9. The van der Waals surface area contributed by atoms with Crippen LogP contribution in [0.2, 0.25) is 0 Å². The van der Waals surface area contributed by atoms with Crippen LogP contribution in [0.25, 0.3) is 0 Å². The van der Waals surface area contributed by atoms with Gasteiger partial charge < -0.3 is 10.4 Å². The molecule has 0 aliphatic heterocycles. The van der Waals surface area contributed by atoms with Crippen LogP contribution in [0.3, 0.4) is 0 Å². The van der Waals surface area contributed by atoms with Crippen molar-refractivity contribution in [1.29, 1.82) is 0 Å². The van der Waals surface area contributed by atoms with Crippen molar-refractivity contribution in [2.45, 2.75) is 39.3 Å². The molecule has 0 fully saturated rings. The Morgan fingerprint density at radius 2 is 2.07 bits per heavy atom. The Morgan fingerprint density at radius 3 is 2.60 bits per heavy atom. The van der Waals surface area contributed by atoms with Crippen molar-refractivity contribution in [3.8, 4) is 5.75 Å². The summed E-state index contributed by atoms with van der Waals surface area (Å²) in [6.45, 7) is 6.35. The zero-order valence-corrected chi connectivity index (χ0v) is 11.0. The standard InChI is InChI=1S/C12H18BrNO/c1-4-8(2)14-9(3)11-6-5-10(13)7-12(11)15/h5-9,14-15H,4H2,1-3H3. The fourth-order valence-electron chi connectivity index (χ4n) is 1.52. The van der Waals surface area contributed by atoms with Crippen molar-refractivity contribution in [3.05, 3.63) is 28.2 Å². The number of aromatic hydroxyl groups is 1. The molecule has 3 heteroatoms. The minimum absolute atomic E-state index is 0.174. The van der Waals surface area contributed by atoms with Crippen molar-refractivity contribution >= 4 is 15.9 Å². The lowest BCUT2D eigenvalue weighted by molar-refractivity contribution is 0.430. The smallest absolute Gasteiger partial charge is 0.121 e. The summed E-state index contributed by atoms with van der Waals surface area (Å²) in [6, 6.07) is 6.25. The maximum Gasteiger partial charge on any atom is 0.121 e. The van der Waals surface area contributed by atoms with E-state index in [9.17, 15) is 5.11 Å². The van der Waals surface area contributed by atoms with Gasteiger partial charge in [-0.25, -0.2) is 0 Å². The molecule has 1 aromatic carbocycles. The Balaban J connectivity index is 2.77. The topological polar surface area (TPSA) is 32.3 Å². The summed E-state index contributed by atoms with van der Waals surface area (Å²) in [5.74, 6) is 0.340. The molecule has 2 unspecified atom stereocenters. The zero-order valence-electron chi connectivity index (χ0n) is 9.42. The first kappa shape index (κ1) is 12.5. The molecule has 15 heavy (non-hydrogen) atoms. The minimum atomic E-state index is 0.174. The Hall–Kier alpha value is -0.540. The van der Waals surface area contributed by atoms with E-state index in [4.69, 9.17) is 0 Å². The SMILES string of the molecule is CCC(C)NC(C)c1ccc(Br)cc1O. The van der Waals surface area contributed by atoms with Crippen LogP contribution in [-0.2, 0) is 0 Å². The molecule has 0 bridgehead atoms. The van der Waals surface area contributed by atoms with Gasteiger partial charge >= 0.3 is 0 Å². The molecule has 0 radical (unpaired) electrons. The van der Waals surface area contributed by atoms with Crippen molar-refractivity contribution in [3.63, 3.8) is 0 Å². The molecule has 1 rings (SSSR count). The molecule has 0 saturated carbocycles. The highest BCUT2D eigenvalue weighted by molar-refractivity contribution is 9.10. The van der Waals surface area contributed by atoms with E-state index >= 15 is 0 Å². The lowest BCUT2D eigenvalue weighted by Gasteiger charge is -2.20. The van der Waals surface area contributed by atoms with Crippen LogP contribution in [0.4, 0.5) is 0 Å². The number of hydrogen-bond acceptors (Lipinski definition) is 2. The van der Waals surface area contributed by atoms with Gasteiger partial charge in [-0.3, -0.25) is 0 Å². The number of hydrogen-bond donors (Lipinski definition) is 2. The molecule has 1 aromatic rings. The van der Waals surface area contributed by atoms with E-state index < -0.39 is 0 Å². The predicted molar refractivity (Wildman–Crippen MR) is 67.1 cm³/mol. The summed E-state index contributed by atoms with van der Waals surface area (Å²) in [7, 11) is 0. The number of benzene rings is 1. The summed E-state index contributed by atoms with van der Waals surface area (Å²) in [4.78, 5) is 0. The molecule has 0 heterocycles. The van der Waals surface area contributed by atoms with Gasteiger partial charge in [-0.1, -0.05) is 28.9 Å². The molecule has 84 valence electrons. The molecule has 0 aliphatic rings. The van der Waals surface area contributed by atoms with E-state index in [0.29, 0.717) is 11.8 Å². The van der Waals surface area contributed by atoms with Gasteiger partial charge in [0.2, 0.25) is 0 Å². The first-order valence-corrected chi connectivity index (χ1v) is 6.08. The first-order chi connectivity index (χ1) is 7.04. The van der Waals surface area contributed by atoms with Crippen molar-refractivity contribution in [2.75, 3.05) is 0 Å². The van der Waals surface area contributed by atoms with Crippen LogP contribution in [0.1, 0.15) is 38.8 Å². The number of phenolic OH excluding ortho intramolecular Hbond substituents is 1. The van der Waals surface area contributed by atoms with E-state index in [1.807, 2.05) is 12.1 Å². The third-order valence-corrected chi connectivity index (χ3v) is 3.10. The fourth-order valence-corrected chi connectivity index (χ4v) is 1.87. The molecule has 2 atom stereocenters. The Morgan fingerprint density at radius 1 is 1.40 bits per heavy atom. The lowest BCUT2D eigenvalue weighted by atomic mass is 10.1.